The SMILES string of the molecule is COc1ccc(SP(=O)(O)Sc2ccc(OC)cc2)cc1. The first kappa shape index (κ1) is 16.3. The Morgan fingerprint density at radius 3 is 1.43 bits per heavy atom. The predicted octanol–water partition coefficient (Wildman–Crippen LogP) is 4.69. The van der Waals surface area contributed by atoms with Gasteiger partial charge >= 0.3 is 5.77 Å². The lowest BCUT2D eigenvalue weighted by Crippen LogP contribution is -1.82. The second kappa shape index (κ2) is 7.27. The van der Waals surface area contributed by atoms with Crippen LogP contribution in [-0.2, 0) is 4.57 Å². The van der Waals surface area contributed by atoms with Crippen molar-refractivity contribution in [2.24, 2.45) is 0 Å². The fourth-order valence-corrected chi connectivity index (χ4v) is 6.97. The summed E-state index contributed by atoms with van der Waals surface area (Å²) < 4.78 is 22.4. The molecule has 7 heteroatoms. The lowest BCUT2D eigenvalue weighted by molar-refractivity contribution is 0.414. The van der Waals surface area contributed by atoms with E-state index in [1.807, 2.05) is 0 Å². The van der Waals surface area contributed by atoms with E-state index in [2.05, 4.69) is 0 Å². The molecule has 21 heavy (non-hydrogen) atoms. The van der Waals surface area contributed by atoms with Crippen molar-refractivity contribution >= 4 is 28.5 Å². The van der Waals surface area contributed by atoms with Crippen molar-refractivity contribution in [2.45, 2.75) is 9.79 Å². The molecule has 1 N–H and O–H groups in total. The van der Waals surface area contributed by atoms with Crippen molar-refractivity contribution in [3.63, 3.8) is 0 Å². The summed E-state index contributed by atoms with van der Waals surface area (Å²) in [6, 6.07) is 14.1. The van der Waals surface area contributed by atoms with Crippen molar-refractivity contribution in [1.82, 2.24) is 0 Å². The molecule has 0 saturated heterocycles. The van der Waals surface area contributed by atoms with Gasteiger partial charge < -0.3 is 14.4 Å². The van der Waals surface area contributed by atoms with Crippen molar-refractivity contribution in [1.29, 1.82) is 0 Å². The van der Waals surface area contributed by atoms with Crippen LogP contribution in [0.3, 0.4) is 0 Å². The molecule has 2 aromatic rings. The zero-order chi connectivity index (χ0) is 15.3. The molecule has 0 aliphatic heterocycles. The number of hydrogen-bond acceptors (Lipinski definition) is 5. The molecule has 0 aromatic heterocycles. The summed E-state index contributed by atoms with van der Waals surface area (Å²) in [6.07, 6.45) is 0. The van der Waals surface area contributed by atoms with E-state index >= 15 is 0 Å². The maximum atomic E-state index is 12.3. The van der Waals surface area contributed by atoms with Gasteiger partial charge in [0.05, 0.1) is 14.2 Å². The Hall–Kier alpha value is -1.07. The van der Waals surface area contributed by atoms with Crippen LogP contribution in [0.15, 0.2) is 58.3 Å². The van der Waals surface area contributed by atoms with E-state index in [0.717, 1.165) is 44.1 Å². The zero-order valence-corrected chi connectivity index (χ0v) is 14.1. The molecule has 0 heterocycles. The van der Waals surface area contributed by atoms with Crippen LogP contribution in [0, 0.1) is 0 Å². The zero-order valence-electron chi connectivity index (χ0n) is 11.6. The highest BCUT2D eigenvalue weighted by Crippen LogP contribution is 2.70. The standard InChI is InChI=1S/C14H15O4PS2/c1-17-11-3-7-13(8-4-11)20-19(15,16)21-14-9-5-12(18-2)6-10-14/h3-10H,1-2H3,(H,15,16). The first-order valence-electron chi connectivity index (χ1n) is 6.02. The maximum Gasteiger partial charge on any atom is 0.319 e. The number of benzene rings is 2. The van der Waals surface area contributed by atoms with Crippen molar-refractivity contribution in [2.75, 3.05) is 14.2 Å². The molecule has 0 unspecified atom stereocenters. The van der Waals surface area contributed by atoms with Gasteiger partial charge in [-0.15, -0.1) is 0 Å². The van der Waals surface area contributed by atoms with Gasteiger partial charge in [-0.25, -0.2) is 0 Å². The smallest absolute Gasteiger partial charge is 0.319 e. The highest BCUT2D eigenvalue weighted by atomic mass is 33.1. The summed E-state index contributed by atoms with van der Waals surface area (Å²) in [5.74, 6) is -2.00. The van der Waals surface area contributed by atoms with Crippen molar-refractivity contribution in [3.8, 4) is 11.5 Å². The fourth-order valence-electron chi connectivity index (χ4n) is 1.56. The second-order valence-corrected chi connectivity index (χ2v) is 11.0. The van der Waals surface area contributed by atoms with Gasteiger partial charge in [-0.2, -0.15) is 0 Å². The lowest BCUT2D eigenvalue weighted by atomic mass is 10.3. The summed E-state index contributed by atoms with van der Waals surface area (Å²) in [6.45, 7) is 0. The Morgan fingerprint density at radius 2 is 1.14 bits per heavy atom. The number of rotatable bonds is 6. The molecule has 0 aliphatic carbocycles. The summed E-state index contributed by atoms with van der Waals surface area (Å²) in [5.41, 5.74) is 0. The van der Waals surface area contributed by atoms with Crippen molar-refractivity contribution < 1.29 is 18.9 Å². The monoisotopic (exact) mass is 342 g/mol. The molecule has 2 rings (SSSR count). The molecule has 0 atom stereocenters. The Kier molecular flexibility index (Phi) is 5.65. The Morgan fingerprint density at radius 1 is 0.810 bits per heavy atom. The molecule has 0 aliphatic rings. The molecule has 112 valence electrons. The quantitative estimate of drug-likeness (QED) is 0.769. The van der Waals surface area contributed by atoms with Crippen LogP contribution in [0.2, 0.25) is 0 Å². The summed E-state index contributed by atoms with van der Waals surface area (Å²) in [7, 11) is 3.16. The normalized spacial score (nSPS) is 11.2. The molecule has 0 saturated carbocycles. The van der Waals surface area contributed by atoms with Crippen LogP contribution < -0.4 is 9.47 Å². The minimum atomic E-state index is -3.43. The topological polar surface area (TPSA) is 55.8 Å². The van der Waals surface area contributed by atoms with E-state index in [9.17, 15) is 9.46 Å². The molecular formula is C14H15O4PS2. The maximum absolute atomic E-state index is 12.3. The van der Waals surface area contributed by atoms with Gasteiger partial charge in [0.25, 0.3) is 0 Å². The van der Waals surface area contributed by atoms with Crippen molar-refractivity contribution in [3.05, 3.63) is 48.5 Å². The highest BCUT2D eigenvalue weighted by molar-refractivity contribution is 8.89. The second-order valence-electron chi connectivity index (χ2n) is 4.00. The minimum Gasteiger partial charge on any atom is -0.497 e. The third-order valence-corrected chi connectivity index (χ3v) is 7.98. The molecule has 0 amide bonds. The summed E-state index contributed by atoms with van der Waals surface area (Å²) in [5, 5.41) is 0. The van der Waals surface area contributed by atoms with E-state index in [0.29, 0.717) is 0 Å². The molecule has 0 radical (unpaired) electrons. The average molecular weight is 342 g/mol. The van der Waals surface area contributed by atoms with E-state index < -0.39 is 5.77 Å². The first-order valence-corrected chi connectivity index (χ1v) is 10.5. The largest absolute Gasteiger partial charge is 0.497 e. The van der Waals surface area contributed by atoms with Crippen LogP contribution in [-0.4, -0.2) is 19.1 Å². The number of methoxy groups -OCH3 is 2. The molecule has 0 spiro atoms. The summed E-state index contributed by atoms with van der Waals surface area (Å²) in [4.78, 5) is 11.5. The van der Waals surface area contributed by atoms with Gasteiger partial charge in [0.2, 0.25) is 0 Å². The van der Waals surface area contributed by atoms with Crippen LogP contribution in [0.25, 0.3) is 0 Å². The molecule has 2 aromatic carbocycles. The van der Waals surface area contributed by atoms with E-state index in [4.69, 9.17) is 9.47 Å². The molecule has 0 fully saturated rings. The molecule has 4 nitrogen and oxygen atoms in total. The number of ether oxygens (including phenoxy) is 2. The van der Waals surface area contributed by atoms with Gasteiger partial charge in [-0.05, 0) is 71.3 Å². The van der Waals surface area contributed by atoms with Crippen LogP contribution >= 0.6 is 28.5 Å². The third-order valence-electron chi connectivity index (χ3n) is 2.56. The molecule has 0 bridgehead atoms. The Balaban J connectivity index is 2.04. The van der Waals surface area contributed by atoms with Gasteiger partial charge in [0.1, 0.15) is 11.5 Å². The molecular weight excluding hydrogens is 327 g/mol. The van der Waals surface area contributed by atoms with E-state index in [-0.39, 0.29) is 0 Å². The van der Waals surface area contributed by atoms with E-state index in [1.54, 1.807) is 62.8 Å². The summed E-state index contributed by atoms with van der Waals surface area (Å²) >= 11 is 1.91. The van der Waals surface area contributed by atoms with Crippen LogP contribution in [0.4, 0.5) is 0 Å². The van der Waals surface area contributed by atoms with Crippen LogP contribution in [0.5, 0.6) is 11.5 Å². The van der Waals surface area contributed by atoms with Gasteiger partial charge in [0, 0.05) is 9.79 Å². The number of hydrogen-bond donors (Lipinski definition) is 1. The van der Waals surface area contributed by atoms with Gasteiger partial charge in [-0.3, -0.25) is 4.57 Å². The highest BCUT2D eigenvalue weighted by Gasteiger charge is 2.22. The minimum absolute atomic E-state index is 0.718. The Bertz CT molecular complexity index is 575. The first-order chi connectivity index (χ1) is 10.0. The lowest BCUT2D eigenvalue weighted by Gasteiger charge is -2.10. The fraction of sp³-hybridized carbons (Fsp3) is 0.143. The average Bonchev–Trinajstić information content (AvgIpc) is 2.48. The Labute approximate surface area is 131 Å². The third kappa shape index (κ3) is 5.00. The van der Waals surface area contributed by atoms with E-state index in [1.165, 1.54) is 0 Å². The predicted molar refractivity (Wildman–Crippen MR) is 87.5 cm³/mol. The van der Waals surface area contributed by atoms with Gasteiger partial charge in [-0.1, -0.05) is 0 Å². The van der Waals surface area contributed by atoms with Crippen LogP contribution in [0.1, 0.15) is 0 Å². The van der Waals surface area contributed by atoms with Gasteiger partial charge in [0.15, 0.2) is 0 Å².